The van der Waals surface area contributed by atoms with Gasteiger partial charge in [-0.15, -0.1) is 6.58 Å². The molecule has 0 N–H and O–H groups in total. The van der Waals surface area contributed by atoms with E-state index in [-0.39, 0.29) is 5.82 Å². The molecule has 33 heavy (non-hydrogen) atoms. The monoisotopic (exact) mass is 444 g/mol. The first-order valence-corrected chi connectivity index (χ1v) is 10.3. The molecular formula is C24H21FN6O2. The zero-order valence-corrected chi connectivity index (χ0v) is 18.4. The van der Waals surface area contributed by atoms with E-state index in [4.69, 9.17) is 4.74 Å². The van der Waals surface area contributed by atoms with Gasteiger partial charge in [-0.3, -0.25) is 14.2 Å². The van der Waals surface area contributed by atoms with Gasteiger partial charge in [-0.1, -0.05) is 6.08 Å². The van der Waals surface area contributed by atoms with Crippen LogP contribution >= 0.6 is 0 Å². The maximum atomic E-state index is 15.1. The van der Waals surface area contributed by atoms with Crippen molar-refractivity contribution in [1.82, 2.24) is 28.9 Å². The van der Waals surface area contributed by atoms with Crippen molar-refractivity contribution in [1.29, 1.82) is 0 Å². The number of aryl methyl sites for hydroxylation is 2. The molecule has 4 heterocycles. The molecule has 0 fully saturated rings. The van der Waals surface area contributed by atoms with Gasteiger partial charge < -0.3 is 4.74 Å². The summed E-state index contributed by atoms with van der Waals surface area (Å²) in [4.78, 5) is 22.0. The van der Waals surface area contributed by atoms with Crippen molar-refractivity contribution in [2.24, 2.45) is 14.1 Å². The van der Waals surface area contributed by atoms with Gasteiger partial charge in [-0.05, 0) is 24.1 Å². The van der Waals surface area contributed by atoms with Crippen LogP contribution in [0, 0.1) is 5.82 Å². The molecule has 0 aliphatic carbocycles. The number of hydrogen-bond acceptors (Lipinski definition) is 5. The third-order valence-corrected chi connectivity index (χ3v) is 5.69. The van der Waals surface area contributed by atoms with Crippen molar-refractivity contribution in [2.75, 3.05) is 7.11 Å². The van der Waals surface area contributed by atoms with E-state index in [1.165, 1.54) is 15.2 Å². The van der Waals surface area contributed by atoms with Crippen molar-refractivity contribution in [3.8, 4) is 22.7 Å². The molecule has 0 amide bonds. The fourth-order valence-corrected chi connectivity index (χ4v) is 4.09. The summed E-state index contributed by atoms with van der Waals surface area (Å²) in [6.45, 7) is 3.68. The van der Waals surface area contributed by atoms with Crippen molar-refractivity contribution in [2.45, 2.75) is 6.42 Å². The van der Waals surface area contributed by atoms with Crippen LogP contribution in [0.3, 0.4) is 0 Å². The molecule has 9 heteroatoms. The number of hydrogen-bond donors (Lipinski definition) is 0. The Morgan fingerprint density at radius 3 is 2.64 bits per heavy atom. The minimum absolute atomic E-state index is 0.0651. The normalized spacial score (nSPS) is 11.4. The van der Waals surface area contributed by atoms with Gasteiger partial charge in [0, 0.05) is 49.1 Å². The Bertz CT molecular complexity index is 1610. The van der Waals surface area contributed by atoms with E-state index in [0.717, 1.165) is 11.1 Å². The van der Waals surface area contributed by atoms with Crippen LogP contribution in [0.2, 0.25) is 0 Å². The predicted octanol–water partition coefficient (Wildman–Crippen LogP) is 3.55. The van der Waals surface area contributed by atoms with Crippen LogP contribution in [0.15, 0.2) is 60.4 Å². The summed E-state index contributed by atoms with van der Waals surface area (Å²) in [5.41, 5.74) is 3.57. The van der Waals surface area contributed by atoms with Crippen LogP contribution in [0.1, 0.15) is 5.56 Å². The van der Waals surface area contributed by atoms with E-state index in [1.807, 2.05) is 19.3 Å². The molecule has 0 radical (unpaired) electrons. The summed E-state index contributed by atoms with van der Waals surface area (Å²) < 4.78 is 25.2. The standard InChI is InChI=1S/C24H21FN6O2/c1-5-6-14-7-18(25)23(27-10-14)31-22-17-8-16(15-11-28-29(2)13-15)21(33-4)9-19(17)26-12-20(22)30(3)24(31)32/h5,7-13H,1,6H2,2-4H3. The van der Waals surface area contributed by atoms with E-state index >= 15 is 4.39 Å². The van der Waals surface area contributed by atoms with Gasteiger partial charge in [0.05, 0.1) is 36.1 Å². The fourth-order valence-electron chi connectivity index (χ4n) is 4.09. The van der Waals surface area contributed by atoms with Crippen LogP contribution in [-0.2, 0) is 20.5 Å². The number of aromatic nitrogens is 6. The molecule has 0 saturated heterocycles. The summed E-state index contributed by atoms with van der Waals surface area (Å²) in [6, 6.07) is 5.07. The second kappa shape index (κ2) is 7.70. The molecule has 8 nitrogen and oxygen atoms in total. The molecule has 0 aliphatic heterocycles. The quantitative estimate of drug-likeness (QED) is 0.388. The minimum atomic E-state index is -0.588. The molecule has 0 atom stereocenters. The number of halogens is 1. The molecule has 0 saturated carbocycles. The Hall–Kier alpha value is -4.27. The summed E-state index contributed by atoms with van der Waals surface area (Å²) in [5.74, 6) is -0.0372. The average Bonchev–Trinajstić information content (AvgIpc) is 3.35. The van der Waals surface area contributed by atoms with Gasteiger partial charge >= 0.3 is 5.69 Å². The Kier molecular flexibility index (Phi) is 4.81. The van der Waals surface area contributed by atoms with Crippen LogP contribution in [0.4, 0.5) is 4.39 Å². The first kappa shape index (κ1) is 20.6. The summed E-state index contributed by atoms with van der Waals surface area (Å²) in [5, 5.41) is 4.92. The number of ether oxygens (including phenoxy) is 1. The second-order valence-corrected chi connectivity index (χ2v) is 7.78. The van der Waals surface area contributed by atoms with Crippen molar-refractivity contribution in [3.63, 3.8) is 0 Å². The Morgan fingerprint density at radius 2 is 1.97 bits per heavy atom. The topological polar surface area (TPSA) is 79.8 Å². The van der Waals surface area contributed by atoms with Crippen LogP contribution in [0.25, 0.3) is 38.9 Å². The van der Waals surface area contributed by atoms with E-state index < -0.39 is 11.5 Å². The van der Waals surface area contributed by atoms with Crippen molar-refractivity contribution >= 4 is 21.9 Å². The highest BCUT2D eigenvalue weighted by Gasteiger charge is 2.21. The molecule has 166 valence electrons. The lowest BCUT2D eigenvalue weighted by Gasteiger charge is -2.11. The third-order valence-electron chi connectivity index (χ3n) is 5.69. The van der Waals surface area contributed by atoms with E-state index in [9.17, 15) is 4.79 Å². The molecular weight excluding hydrogens is 423 g/mol. The Balaban J connectivity index is 1.87. The van der Waals surface area contributed by atoms with E-state index in [1.54, 1.807) is 49.6 Å². The number of benzene rings is 1. The highest BCUT2D eigenvalue weighted by Crippen LogP contribution is 2.36. The molecule has 4 aromatic heterocycles. The smallest absolute Gasteiger partial charge is 0.334 e. The molecule has 5 rings (SSSR count). The van der Waals surface area contributed by atoms with Gasteiger partial charge in [0.15, 0.2) is 11.6 Å². The minimum Gasteiger partial charge on any atom is -0.496 e. The SMILES string of the molecule is C=CCc1cnc(-n2c(=O)n(C)c3cnc4cc(OC)c(-c5cnn(C)c5)cc4c32)c(F)c1. The highest BCUT2D eigenvalue weighted by molar-refractivity contribution is 6.05. The molecule has 0 aliphatic rings. The highest BCUT2D eigenvalue weighted by atomic mass is 19.1. The lowest BCUT2D eigenvalue weighted by atomic mass is 10.0. The molecule has 0 bridgehead atoms. The fraction of sp³-hybridized carbons (Fsp3) is 0.167. The van der Waals surface area contributed by atoms with Gasteiger partial charge in [0.25, 0.3) is 0 Å². The van der Waals surface area contributed by atoms with E-state index in [0.29, 0.717) is 39.7 Å². The van der Waals surface area contributed by atoms with E-state index in [2.05, 4.69) is 21.6 Å². The summed E-state index contributed by atoms with van der Waals surface area (Å²) >= 11 is 0. The van der Waals surface area contributed by atoms with Gasteiger partial charge in [-0.2, -0.15) is 5.10 Å². The number of imidazole rings is 1. The second-order valence-electron chi connectivity index (χ2n) is 7.78. The molecule has 0 unspecified atom stereocenters. The zero-order chi connectivity index (χ0) is 23.3. The Labute approximate surface area is 188 Å². The van der Waals surface area contributed by atoms with Crippen molar-refractivity contribution in [3.05, 3.63) is 77.5 Å². The van der Waals surface area contributed by atoms with Gasteiger partial charge in [-0.25, -0.2) is 18.7 Å². The number of rotatable bonds is 5. The Morgan fingerprint density at radius 1 is 1.15 bits per heavy atom. The number of pyridine rings is 2. The maximum absolute atomic E-state index is 15.1. The maximum Gasteiger partial charge on any atom is 0.334 e. The van der Waals surface area contributed by atoms with Crippen LogP contribution in [0.5, 0.6) is 5.75 Å². The molecule has 0 spiro atoms. The van der Waals surface area contributed by atoms with Crippen molar-refractivity contribution < 1.29 is 9.13 Å². The number of nitrogens with zero attached hydrogens (tertiary/aromatic N) is 6. The van der Waals surface area contributed by atoms with Gasteiger partial charge in [0.2, 0.25) is 0 Å². The lowest BCUT2D eigenvalue weighted by molar-refractivity contribution is 0.417. The third kappa shape index (κ3) is 3.20. The number of fused-ring (bicyclic) bond motifs is 3. The number of allylic oxidation sites excluding steroid dienone is 1. The summed E-state index contributed by atoms with van der Waals surface area (Å²) in [7, 11) is 5.04. The average molecular weight is 444 g/mol. The largest absolute Gasteiger partial charge is 0.496 e. The first-order valence-electron chi connectivity index (χ1n) is 10.3. The first-order chi connectivity index (χ1) is 15.9. The van der Waals surface area contributed by atoms with Crippen LogP contribution < -0.4 is 10.4 Å². The molecule has 1 aromatic carbocycles. The summed E-state index contributed by atoms with van der Waals surface area (Å²) in [6.07, 6.45) is 8.91. The molecule has 5 aromatic rings. The zero-order valence-electron chi connectivity index (χ0n) is 18.4. The predicted molar refractivity (Wildman–Crippen MR) is 124 cm³/mol. The number of methoxy groups -OCH3 is 1. The van der Waals surface area contributed by atoms with Gasteiger partial charge in [0.1, 0.15) is 5.75 Å². The lowest BCUT2D eigenvalue weighted by Crippen LogP contribution is -2.22. The van der Waals surface area contributed by atoms with Crippen LogP contribution in [-0.4, -0.2) is 36.0 Å².